The van der Waals surface area contributed by atoms with Crippen molar-refractivity contribution < 1.29 is 19.6 Å². The first-order chi connectivity index (χ1) is 13.4. The highest BCUT2D eigenvalue weighted by Gasteiger charge is 2.28. The third-order valence-corrected chi connectivity index (χ3v) is 4.64. The van der Waals surface area contributed by atoms with Gasteiger partial charge >= 0.3 is 0 Å². The van der Waals surface area contributed by atoms with Crippen LogP contribution in [0.15, 0.2) is 30.3 Å². The van der Waals surface area contributed by atoms with E-state index in [1.54, 1.807) is 5.48 Å². The maximum Gasteiger partial charge on any atom is 0.244 e. The number of nitrogens with one attached hydrogen (secondary N) is 3. The van der Waals surface area contributed by atoms with Gasteiger partial charge in [-0.25, -0.2) is 5.48 Å². The minimum absolute atomic E-state index is 0.109. The molecule has 3 amide bonds. The van der Waals surface area contributed by atoms with E-state index in [1.165, 1.54) is 0 Å². The van der Waals surface area contributed by atoms with Crippen molar-refractivity contribution in [3.63, 3.8) is 0 Å². The fraction of sp³-hybridized carbons (Fsp3) is 0.571. The molecule has 7 nitrogen and oxygen atoms in total. The lowest BCUT2D eigenvalue weighted by atomic mass is 9.95. The first-order valence-corrected chi connectivity index (χ1v) is 9.93. The normalized spacial score (nSPS) is 12.9. The second-order valence-corrected chi connectivity index (χ2v) is 7.37. The van der Waals surface area contributed by atoms with Gasteiger partial charge in [0.2, 0.25) is 17.7 Å². The highest BCUT2D eigenvalue weighted by atomic mass is 16.5. The van der Waals surface area contributed by atoms with Gasteiger partial charge in [-0.2, -0.15) is 0 Å². The quantitative estimate of drug-likeness (QED) is 0.249. The molecule has 0 heterocycles. The van der Waals surface area contributed by atoms with Gasteiger partial charge in [-0.3, -0.25) is 19.6 Å². The molecule has 0 radical (unpaired) electrons. The molecule has 0 aliphatic carbocycles. The van der Waals surface area contributed by atoms with E-state index >= 15 is 0 Å². The van der Waals surface area contributed by atoms with Gasteiger partial charge in [-0.05, 0) is 17.9 Å². The summed E-state index contributed by atoms with van der Waals surface area (Å²) < 4.78 is 0. The Kier molecular flexibility index (Phi) is 10.9. The fourth-order valence-corrected chi connectivity index (χ4v) is 2.94. The molecular weight excluding hydrogens is 358 g/mol. The van der Waals surface area contributed by atoms with E-state index in [1.807, 2.05) is 44.2 Å². The first kappa shape index (κ1) is 23.6. The molecule has 4 N–H and O–H groups in total. The van der Waals surface area contributed by atoms with Gasteiger partial charge in [0, 0.05) is 18.9 Å². The number of carbonyl (C=O) groups excluding carboxylic acids is 3. The maximum absolute atomic E-state index is 12.7. The third-order valence-electron chi connectivity index (χ3n) is 4.64. The van der Waals surface area contributed by atoms with Crippen LogP contribution in [0.2, 0.25) is 0 Å². The van der Waals surface area contributed by atoms with Crippen LogP contribution in [0.4, 0.5) is 0 Å². The van der Waals surface area contributed by atoms with Gasteiger partial charge in [0.05, 0.1) is 0 Å². The highest BCUT2D eigenvalue weighted by molar-refractivity contribution is 5.90. The van der Waals surface area contributed by atoms with Crippen LogP contribution >= 0.6 is 0 Å². The summed E-state index contributed by atoms with van der Waals surface area (Å²) in [6, 6.07) is 8.85. The van der Waals surface area contributed by atoms with Crippen molar-refractivity contribution >= 4 is 17.7 Å². The molecule has 0 saturated carbocycles. The number of hydroxylamine groups is 1. The monoisotopic (exact) mass is 391 g/mol. The molecule has 7 heteroatoms. The van der Waals surface area contributed by atoms with E-state index in [-0.39, 0.29) is 24.2 Å². The lowest BCUT2D eigenvalue weighted by Crippen LogP contribution is -2.51. The van der Waals surface area contributed by atoms with Crippen LogP contribution in [-0.2, 0) is 20.9 Å². The van der Waals surface area contributed by atoms with Crippen molar-refractivity contribution in [2.24, 2.45) is 11.8 Å². The molecule has 0 unspecified atom stereocenters. The van der Waals surface area contributed by atoms with Crippen molar-refractivity contribution in [1.82, 2.24) is 16.1 Å². The third kappa shape index (κ3) is 8.52. The van der Waals surface area contributed by atoms with Crippen LogP contribution in [-0.4, -0.2) is 29.0 Å². The van der Waals surface area contributed by atoms with E-state index in [4.69, 9.17) is 5.21 Å². The Balaban J connectivity index is 2.72. The molecule has 0 spiro atoms. The van der Waals surface area contributed by atoms with Crippen molar-refractivity contribution in [3.05, 3.63) is 35.9 Å². The van der Waals surface area contributed by atoms with Gasteiger partial charge in [-0.15, -0.1) is 0 Å². The Morgan fingerprint density at radius 3 is 2.29 bits per heavy atom. The summed E-state index contributed by atoms with van der Waals surface area (Å²) in [7, 11) is 0. The van der Waals surface area contributed by atoms with Gasteiger partial charge in [0.15, 0.2) is 0 Å². The van der Waals surface area contributed by atoms with Gasteiger partial charge in [0.25, 0.3) is 0 Å². The number of amides is 3. The Hall–Kier alpha value is -2.41. The Labute approximate surface area is 167 Å². The number of unbranched alkanes of at least 4 members (excludes halogenated alkanes) is 2. The molecule has 0 aromatic heterocycles. The van der Waals surface area contributed by atoms with Crippen molar-refractivity contribution in [3.8, 4) is 0 Å². The topological polar surface area (TPSA) is 108 Å². The average molecular weight is 392 g/mol. The number of benzene rings is 1. The van der Waals surface area contributed by atoms with E-state index in [0.29, 0.717) is 13.0 Å². The molecule has 0 bridgehead atoms. The summed E-state index contributed by atoms with van der Waals surface area (Å²) >= 11 is 0. The molecule has 1 aromatic rings. The molecule has 0 saturated heterocycles. The summed E-state index contributed by atoms with van der Waals surface area (Å²) in [5.41, 5.74) is 2.55. The van der Waals surface area contributed by atoms with Crippen LogP contribution in [0.1, 0.15) is 58.4 Å². The van der Waals surface area contributed by atoms with Crippen molar-refractivity contribution in [1.29, 1.82) is 0 Å². The molecular formula is C21H33N3O4. The molecule has 0 aliphatic heterocycles. The van der Waals surface area contributed by atoms with Crippen LogP contribution < -0.4 is 16.1 Å². The van der Waals surface area contributed by atoms with Gasteiger partial charge < -0.3 is 10.6 Å². The first-order valence-electron chi connectivity index (χ1n) is 9.93. The smallest absolute Gasteiger partial charge is 0.244 e. The lowest BCUT2D eigenvalue weighted by Gasteiger charge is -2.24. The second-order valence-electron chi connectivity index (χ2n) is 7.37. The van der Waals surface area contributed by atoms with E-state index < -0.39 is 17.9 Å². The van der Waals surface area contributed by atoms with E-state index in [0.717, 1.165) is 24.8 Å². The zero-order chi connectivity index (χ0) is 20.9. The highest BCUT2D eigenvalue weighted by Crippen LogP contribution is 2.16. The zero-order valence-electron chi connectivity index (χ0n) is 17.0. The largest absolute Gasteiger partial charge is 0.350 e. The summed E-state index contributed by atoms with van der Waals surface area (Å²) in [5.74, 6) is -1.89. The SMILES string of the molecule is CCCCC[C@@H](CC(=O)NO)C(=O)N[C@@H](C(=O)NCc1ccccc1)C(C)C. The van der Waals surface area contributed by atoms with Crippen LogP contribution in [0.5, 0.6) is 0 Å². The molecule has 28 heavy (non-hydrogen) atoms. The molecule has 0 fully saturated rings. The van der Waals surface area contributed by atoms with Crippen LogP contribution in [0.25, 0.3) is 0 Å². The summed E-state index contributed by atoms with van der Waals surface area (Å²) in [4.78, 5) is 36.9. The second kappa shape index (κ2) is 12.9. The number of hydrogen-bond acceptors (Lipinski definition) is 4. The predicted molar refractivity (Wildman–Crippen MR) is 107 cm³/mol. The molecule has 156 valence electrons. The van der Waals surface area contributed by atoms with Crippen LogP contribution in [0, 0.1) is 11.8 Å². The minimum atomic E-state index is -0.693. The standard InChI is InChI=1S/C21H33N3O4/c1-4-5-7-12-17(13-18(25)24-28)20(26)23-19(15(2)3)21(27)22-14-16-10-8-6-9-11-16/h6,8-11,15,17,19,28H,4-5,7,12-14H2,1-3H3,(H,22,27)(H,23,26)(H,24,25)/t17-,19+/m0/s1. The Morgan fingerprint density at radius 2 is 1.71 bits per heavy atom. The Bertz CT molecular complexity index is 619. The molecule has 1 rings (SSSR count). The fourth-order valence-electron chi connectivity index (χ4n) is 2.94. The van der Waals surface area contributed by atoms with Crippen molar-refractivity contribution in [2.45, 2.75) is 65.5 Å². The van der Waals surface area contributed by atoms with E-state index in [9.17, 15) is 14.4 Å². The van der Waals surface area contributed by atoms with E-state index in [2.05, 4.69) is 17.6 Å². The molecule has 0 aliphatic rings. The average Bonchev–Trinajstić information content (AvgIpc) is 2.69. The van der Waals surface area contributed by atoms with Gasteiger partial charge in [-0.1, -0.05) is 70.4 Å². The summed E-state index contributed by atoms with van der Waals surface area (Å²) in [5, 5.41) is 14.4. The van der Waals surface area contributed by atoms with Crippen molar-refractivity contribution in [2.75, 3.05) is 0 Å². The number of rotatable bonds is 12. The molecule has 1 aromatic carbocycles. The Morgan fingerprint density at radius 1 is 1.04 bits per heavy atom. The summed E-state index contributed by atoms with van der Waals surface area (Å²) in [6.07, 6.45) is 3.18. The molecule has 2 atom stereocenters. The number of hydrogen-bond donors (Lipinski definition) is 4. The van der Waals surface area contributed by atoms with Crippen LogP contribution in [0.3, 0.4) is 0 Å². The zero-order valence-corrected chi connectivity index (χ0v) is 17.0. The lowest BCUT2D eigenvalue weighted by molar-refractivity contribution is -0.136. The number of carbonyl (C=O) groups is 3. The minimum Gasteiger partial charge on any atom is -0.350 e. The predicted octanol–water partition coefficient (Wildman–Crippen LogP) is 2.54. The summed E-state index contributed by atoms with van der Waals surface area (Å²) in [6.45, 7) is 6.16. The van der Waals surface area contributed by atoms with Gasteiger partial charge in [0.1, 0.15) is 6.04 Å². The maximum atomic E-state index is 12.7.